The van der Waals surface area contributed by atoms with Crippen LogP contribution in [0.15, 0.2) is 0 Å². The van der Waals surface area contributed by atoms with Gasteiger partial charge in [0.2, 0.25) is 0 Å². The summed E-state index contributed by atoms with van der Waals surface area (Å²) in [4.78, 5) is 0. The standard InChI is InChI=1S/C8H18OS/c1-4-5-10-7-8(2,3)6-9/h9H,4-7H2,1-3H3. The van der Waals surface area contributed by atoms with Crippen LogP contribution in [0.2, 0.25) is 0 Å². The smallest absolute Gasteiger partial charge is 0.0490 e. The molecule has 0 unspecified atom stereocenters. The van der Waals surface area contributed by atoms with E-state index < -0.39 is 0 Å². The molecule has 62 valence electrons. The SMILES string of the molecule is CCCSCC(C)(C)CO. The molecule has 0 aliphatic heterocycles. The average molecular weight is 162 g/mol. The van der Waals surface area contributed by atoms with Gasteiger partial charge >= 0.3 is 0 Å². The van der Waals surface area contributed by atoms with Crippen LogP contribution in [0.5, 0.6) is 0 Å². The summed E-state index contributed by atoms with van der Waals surface area (Å²) in [5, 5.41) is 8.88. The van der Waals surface area contributed by atoms with Crippen molar-refractivity contribution in [2.75, 3.05) is 18.1 Å². The largest absolute Gasteiger partial charge is 0.396 e. The second-order valence-corrected chi connectivity index (χ2v) is 4.48. The molecule has 0 aromatic carbocycles. The second-order valence-electron chi connectivity index (χ2n) is 3.37. The fraction of sp³-hybridized carbons (Fsp3) is 1.00. The van der Waals surface area contributed by atoms with Crippen LogP contribution < -0.4 is 0 Å². The first-order valence-electron chi connectivity index (χ1n) is 3.81. The molecule has 0 amide bonds. The maximum absolute atomic E-state index is 8.88. The molecule has 0 fully saturated rings. The summed E-state index contributed by atoms with van der Waals surface area (Å²) < 4.78 is 0. The maximum atomic E-state index is 8.88. The molecule has 0 rings (SSSR count). The van der Waals surface area contributed by atoms with E-state index in [0.29, 0.717) is 6.61 Å². The summed E-state index contributed by atoms with van der Waals surface area (Å²) in [6, 6.07) is 0. The number of hydrogen-bond acceptors (Lipinski definition) is 2. The quantitative estimate of drug-likeness (QED) is 0.625. The van der Waals surface area contributed by atoms with Gasteiger partial charge in [0.05, 0.1) is 0 Å². The fourth-order valence-corrected chi connectivity index (χ4v) is 1.62. The van der Waals surface area contributed by atoms with Gasteiger partial charge in [-0.3, -0.25) is 0 Å². The minimum Gasteiger partial charge on any atom is -0.396 e. The molecule has 0 atom stereocenters. The molecule has 0 saturated carbocycles. The number of aliphatic hydroxyl groups excluding tert-OH is 1. The lowest BCUT2D eigenvalue weighted by Gasteiger charge is -2.20. The molecule has 0 bridgehead atoms. The van der Waals surface area contributed by atoms with Crippen molar-refractivity contribution >= 4 is 11.8 Å². The number of rotatable bonds is 5. The Morgan fingerprint density at radius 2 is 2.00 bits per heavy atom. The molecule has 0 spiro atoms. The molecule has 1 N–H and O–H groups in total. The summed E-state index contributed by atoms with van der Waals surface area (Å²) in [7, 11) is 0. The van der Waals surface area contributed by atoms with Gasteiger partial charge in [-0.25, -0.2) is 0 Å². The molecule has 2 heteroatoms. The van der Waals surface area contributed by atoms with Gasteiger partial charge in [-0.2, -0.15) is 11.8 Å². The van der Waals surface area contributed by atoms with Crippen LogP contribution in [0.3, 0.4) is 0 Å². The molecule has 0 aliphatic rings. The molecular formula is C8H18OS. The van der Waals surface area contributed by atoms with Crippen molar-refractivity contribution in [3.05, 3.63) is 0 Å². The zero-order valence-corrected chi connectivity index (χ0v) is 8.00. The summed E-state index contributed by atoms with van der Waals surface area (Å²) >= 11 is 1.92. The van der Waals surface area contributed by atoms with E-state index in [0.717, 1.165) is 5.75 Å². The van der Waals surface area contributed by atoms with Gasteiger partial charge in [-0.15, -0.1) is 0 Å². The molecule has 10 heavy (non-hydrogen) atoms. The van der Waals surface area contributed by atoms with E-state index >= 15 is 0 Å². The van der Waals surface area contributed by atoms with Gasteiger partial charge < -0.3 is 5.11 Å². The van der Waals surface area contributed by atoms with Crippen LogP contribution in [0.1, 0.15) is 27.2 Å². The lowest BCUT2D eigenvalue weighted by atomic mass is 9.98. The highest BCUT2D eigenvalue weighted by Crippen LogP contribution is 2.20. The van der Waals surface area contributed by atoms with E-state index in [9.17, 15) is 0 Å². The second kappa shape index (κ2) is 5.03. The first-order valence-corrected chi connectivity index (χ1v) is 4.96. The highest BCUT2D eigenvalue weighted by molar-refractivity contribution is 7.99. The fourth-order valence-electron chi connectivity index (χ4n) is 0.538. The van der Waals surface area contributed by atoms with Gasteiger partial charge in [-0.1, -0.05) is 20.8 Å². The minimum atomic E-state index is 0.111. The monoisotopic (exact) mass is 162 g/mol. The van der Waals surface area contributed by atoms with Crippen molar-refractivity contribution in [2.24, 2.45) is 5.41 Å². The Hall–Kier alpha value is 0.310. The normalized spacial score (nSPS) is 12.0. The third-order valence-electron chi connectivity index (χ3n) is 1.27. The Kier molecular flexibility index (Phi) is 5.18. The zero-order valence-electron chi connectivity index (χ0n) is 7.18. The number of thioether (sulfide) groups is 1. The highest BCUT2D eigenvalue weighted by atomic mass is 32.2. The third-order valence-corrected chi connectivity index (χ3v) is 2.95. The Balaban J connectivity index is 3.28. The van der Waals surface area contributed by atoms with Crippen LogP contribution in [0, 0.1) is 5.41 Å². The molecular weight excluding hydrogens is 144 g/mol. The van der Waals surface area contributed by atoms with Crippen LogP contribution in [0.4, 0.5) is 0 Å². The van der Waals surface area contributed by atoms with E-state index in [1.807, 2.05) is 11.8 Å². The van der Waals surface area contributed by atoms with Gasteiger partial charge in [0, 0.05) is 12.4 Å². The first kappa shape index (κ1) is 10.3. The summed E-state index contributed by atoms with van der Waals surface area (Å²) in [5.74, 6) is 2.28. The average Bonchev–Trinajstić information content (AvgIpc) is 1.89. The lowest BCUT2D eigenvalue weighted by Crippen LogP contribution is -2.19. The molecule has 0 aromatic heterocycles. The van der Waals surface area contributed by atoms with Crippen molar-refractivity contribution in [3.8, 4) is 0 Å². The predicted molar refractivity (Wildman–Crippen MR) is 48.5 cm³/mol. The minimum absolute atomic E-state index is 0.111. The third kappa shape index (κ3) is 5.12. The van der Waals surface area contributed by atoms with Crippen LogP contribution in [-0.4, -0.2) is 23.2 Å². The Bertz CT molecular complexity index is 81.3. The van der Waals surface area contributed by atoms with Crippen molar-refractivity contribution in [1.29, 1.82) is 0 Å². The molecule has 0 aliphatic carbocycles. The van der Waals surface area contributed by atoms with Crippen molar-refractivity contribution in [2.45, 2.75) is 27.2 Å². The van der Waals surface area contributed by atoms with Crippen molar-refractivity contribution in [3.63, 3.8) is 0 Å². The summed E-state index contributed by atoms with van der Waals surface area (Å²) in [6.45, 7) is 6.66. The van der Waals surface area contributed by atoms with Gasteiger partial charge in [0.1, 0.15) is 0 Å². The van der Waals surface area contributed by atoms with Gasteiger partial charge in [-0.05, 0) is 17.6 Å². The van der Waals surface area contributed by atoms with Crippen LogP contribution in [0.25, 0.3) is 0 Å². The lowest BCUT2D eigenvalue weighted by molar-refractivity contribution is 0.181. The van der Waals surface area contributed by atoms with Crippen molar-refractivity contribution in [1.82, 2.24) is 0 Å². The Morgan fingerprint density at radius 3 is 2.40 bits per heavy atom. The van der Waals surface area contributed by atoms with Gasteiger partial charge in [0.15, 0.2) is 0 Å². The van der Waals surface area contributed by atoms with E-state index in [4.69, 9.17) is 5.11 Å². The highest BCUT2D eigenvalue weighted by Gasteiger charge is 2.15. The number of aliphatic hydroxyl groups is 1. The summed E-state index contributed by atoms with van der Waals surface area (Å²) in [5.41, 5.74) is 0.111. The van der Waals surface area contributed by atoms with E-state index in [-0.39, 0.29) is 5.41 Å². The van der Waals surface area contributed by atoms with E-state index in [1.54, 1.807) is 0 Å². The van der Waals surface area contributed by atoms with Gasteiger partial charge in [0.25, 0.3) is 0 Å². The van der Waals surface area contributed by atoms with Crippen LogP contribution in [-0.2, 0) is 0 Å². The first-order chi connectivity index (χ1) is 4.62. The van der Waals surface area contributed by atoms with E-state index in [1.165, 1.54) is 12.2 Å². The molecule has 0 aromatic rings. The maximum Gasteiger partial charge on any atom is 0.0490 e. The molecule has 0 radical (unpaired) electrons. The Labute approximate surface area is 68.2 Å². The summed E-state index contributed by atoms with van der Waals surface area (Å²) in [6.07, 6.45) is 1.23. The Morgan fingerprint density at radius 1 is 1.40 bits per heavy atom. The van der Waals surface area contributed by atoms with Crippen LogP contribution >= 0.6 is 11.8 Å². The topological polar surface area (TPSA) is 20.2 Å². The molecule has 0 saturated heterocycles. The predicted octanol–water partition coefficient (Wildman–Crippen LogP) is 2.15. The zero-order chi connectivity index (χ0) is 8.04. The molecule has 0 heterocycles. The molecule has 1 nitrogen and oxygen atoms in total. The number of hydrogen-bond donors (Lipinski definition) is 1. The van der Waals surface area contributed by atoms with Crippen molar-refractivity contribution < 1.29 is 5.11 Å². The van der Waals surface area contributed by atoms with E-state index in [2.05, 4.69) is 20.8 Å².